The van der Waals surface area contributed by atoms with Gasteiger partial charge in [0.15, 0.2) is 0 Å². The maximum Gasteiger partial charge on any atom is 0.134 e. The molecule has 1 heterocycles. The van der Waals surface area contributed by atoms with Crippen LogP contribution in [0.3, 0.4) is 0 Å². The van der Waals surface area contributed by atoms with Crippen LogP contribution in [0, 0.1) is 6.92 Å². The zero-order valence-electron chi connectivity index (χ0n) is 8.02. The molecule has 4 heteroatoms. The first-order chi connectivity index (χ1) is 7.11. The lowest BCUT2D eigenvalue weighted by molar-refractivity contribution is 1.29. The van der Waals surface area contributed by atoms with Gasteiger partial charge >= 0.3 is 0 Å². The number of pyridine rings is 1. The number of fused-ring (bicyclic) bond motifs is 1. The van der Waals surface area contributed by atoms with E-state index in [-0.39, 0.29) is 0 Å². The lowest BCUT2D eigenvalue weighted by atomic mass is 10.1. The van der Waals surface area contributed by atoms with Crippen LogP contribution in [0.2, 0.25) is 10.2 Å². The minimum absolute atomic E-state index is 0.354. The van der Waals surface area contributed by atoms with Gasteiger partial charge in [0, 0.05) is 16.0 Å². The third-order valence-corrected chi connectivity index (χ3v) is 3.08. The number of alkyl halides is 1. The molecule has 0 aliphatic carbocycles. The third kappa shape index (κ3) is 2.05. The van der Waals surface area contributed by atoms with E-state index in [0.717, 1.165) is 22.0 Å². The summed E-state index contributed by atoms with van der Waals surface area (Å²) in [4.78, 5) is 4.31. The second-order valence-electron chi connectivity index (χ2n) is 3.37. The topological polar surface area (TPSA) is 12.9 Å². The van der Waals surface area contributed by atoms with E-state index in [1.807, 2.05) is 25.1 Å². The van der Waals surface area contributed by atoms with Crippen LogP contribution in [0.5, 0.6) is 0 Å². The molecule has 0 spiro atoms. The Morgan fingerprint density at radius 2 is 1.93 bits per heavy atom. The molecule has 0 aliphatic rings. The Labute approximate surface area is 103 Å². The molecule has 0 saturated heterocycles. The first-order valence-electron chi connectivity index (χ1n) is 4.43. The van der Waals surface area contributed by atoms with Crippen molar-refractivity contribution in [3.8, 4) is 0 Å². The molecule has 0 unspecified atom stereocenters. The molecule has 0 bridgehead atoms. The van der Waals surface area contributed by atoms with Gasteiger partial charge in [-0.2, -0.15) is 0 Å². The van der Waals surface area contributed by atoms with Crippen LogP contribution in [0.1, 0.15) is 11.1 Å². The Bertz CT molecular complexity index is 523. The van der Waals surface area contributed by atoms with Crippen LogP contribution in [0.15, 0.2) is 18.2 Å². The summed E-state index contributed by atoms with van der Waals surface area (Å²) in [6.45, 7) is 1.96. The van der Waals surface area contributed by atoms with Crippen molar-refractivity contribution in [3.05, 3.63) is 39.5 Å². The Morgan fingerprint density at radius 3 is 2.60 bits per heavy atom. The van der Waals surface area contributed by atoms with E-state index >= 15 is 0 Å². The largest absolute Gasteiger partial charge is 0.235 e. The van der Waals surface area contributed by atoms with Gasteiger partial charge in [0.1, 0.15) is 5.15 Å². The number of aryl methyl sites for hydroxylation is 1. The minimum atomic E-state index is 0.354. The monoisotopic (exact) mass is 259 g/mol. The summed E-state index contributed by atoms with van der Waals surface area (Å²) in [5.74, 6) is 0.354. The van der Waals surface area contributed by atoms with Gasteiger partial charge in [0.2, 0.25) is 0 Å². The van der Waals surface area contributed by atoms with Crippen molar-refractivity contribution in [3.63, 3.8) is 0 Å². The first kappa shape index (κ1) is 11.0. The fourth-order valence-electron chi connectivity index (χ4n) is 1.54. The van der Waals surface area contributed by atoms with Crippen LogP contribution in [0.4, 0.5) is 0 Å². The summed E-state index contributed by atoms with van der Waals surface area (Å²) in [7, 11) is 0. The predicted molar refractivity (Wildman–Crippen MR) is 66.1 cm³/mol. The highest BCUT2D eigenvalue weighted by atomic mass is 35.5. The van der Waals surface area contributed by atoms with E-state index in [4.69, 9.17) is 34.8 Å². The van der Waals surface area contributed by atoms with E-state index in [0.29, 0.717) is 16.1 Å². The van der Waals surface area contributed by atoms with Crippen molar-refractivity contribution in [2.24, 2.45) is 0 Å². The predicted octanol–water partition coefficient (Wildman–Crippen LogP) is 4.59. The molecule has 0 amide bonds. The van der Waals surface area contributed by atoms with Gasteiger partial charge in [-0.25, -0.2) is 4.98 Å². The average molecular weight is 261 g/mol. The highest BCUT2D eigenvalue weighted by molar-refractivity contribution is 6.32. The molecule has 15 heavy (non-hydrogen) atoms. The molecule has 1 nitrogen and oxygen atoms in total. The molecular weight excluding hydrogens is 252 g/mol. The lowest BCUT2D eigenvalue weighted by Crippen LogP contribution is -1.89. The molecule has 0 aliphatic heterocycles. The maximum atomic E-state index is 5.99. The zero-order valence-corrected chi connectivity index (χ0v) is 10.3. The van der Waals surface area contributed by atoms with Gasteiger partial charge in [0.05, 0.1) is 11.4 Å². The van der Waals surface area contributed by atoms with Crippen LogP contribution in [-0.2, 0) is 5.88 Å². The molecule has 0 N–H and O–H groups in total. The van der Waals surface area contributed by atoms with Gasteiger partial charge < -0.3 is 0 Å². The summed E-state index contributed by atoms with van der Waals surface area (Å²) in [6.07, 6.45) is 0. The molecule has 2 aromatic rings. The molecule has 0 fully saturated rings. The molecule has 0 saturated carbocycles. The Hall–Kier alpha value is -0.500. The second kappa shape index (κ2) is 4.17. The summed E-state index contributed by atoms with van der Waals surface area (Å²) >= 11 is 17.7. The summed E-state index contributed by atoms with van der Waals surface area (Å²) in [5.41, 5.74) is 2.71. The highest BCUT2D eigenvalue weighted by Crippen LogP contribution is 2.26. The van der Waals surface area contributed by atoms with Crippen molar-refractivity contribution < 1.29 is 0 Å². The lowest BCUT2D eigenvalue weighted by Gasteiger charge is -2.06. The number of benzene rings is 1. The number of aromatic nitrogens is 1. The van der Waals surface area contributed by atoms with Gasteiger partial charge in [-0.3, -0.25) is 0 Å². The Balaban J connectivity index is 2.81. The second-order valence-corrected chi connectivity index (χ2v) is 4.43. The standard InChI is InChI=1S/C11H8Cl3N/c1-6-2-9(13)4-7-3-8(5-12)11(14)15-10(6)7/h2-4H,5H2,1H3. The van der Waals surface area contributed by atoms with Crippen LogP contribution in [0.25, 0.3) is 10.9 Å². The Morgan fingerprint density at radius 1 is 1.20 bits per heavy atom. The van der Waals surface area contributed by atoms with E-state index in [9.17, 15) is 0 Å². The van der Waals surface area contributed by atoms with Gasteiger partial charge in [0.25, 0.3) is 0 Å². The quantitative estimate of drug-likeness (QED) is 0.540. The number of rotatable bonds is 1. The number of nitrogens with zero attached hydrogens (tertiary/aromatic N) is 1. The summed E-state index contributed by atoms with van der Waals surface area (Å²) < 4.78 is 0. The summed E-state index contributed by atoms with van der Waals surface area (Å²) in [5, 5.41) is 2.13. The summed E-state index contributed by atoms with van der Waals surface area (Å²) in [6, 6.07) is 5.66. The molecule has 1 aromatic heterocycles. The Kier molecular flexibility index (Phi) is 3.06. The van der Waals surface area contributed by atoms with Crippen molar-refractivity contribution in [1.29, 1.82) is 0 Å². The zero-order chi connectivity index (χ0) is 11.0. The van der Waals surface area contributed by atoms with Crippen molar-refractivity contribution in [1.82, 2.24) is 4.98 Å². The van der Waals surface area contributed by atoms with Gasteiger partial charge in [-0.15, -0.1) is 11.6 Å². The molecule has 0 atom stereocenters. The number of hydrogen-bond acceptors (Lipinski definition) is 1. The van der Waals surface area contributed by atoms with E-state index < -0.39 is 0 Å². The van der Waals surface area contributed by atoms with Gasteiger partial charge in [-0.1, -0.05) is 23.2 Å². The van der Waals surface area contributed by atoms with Crippen LogP contribution < -0.4 is 0 Å². The molecule has 1 aromatic carbocycles. The number of halogens is 3. The fourth-order valence-corrected chi connectivity index (χ4v) is 2.29. The van der Waals surface area contributed by atoms with Gasteiger partial charge in [-0.05, 0) is 30.7 Å². The van der Waals surface area contributed by atoms with Crippen LogP contribution >= 0.6 is 34.8 Å². The van der Waals surface area contributed by atoms with Crippen molar-refractivity contribution >= 4 is 45.7 Å². The van der Waals surface area contributed by atoms with E-state index in [1.54, 1.807) is 0 Å². The maximum absolute atomic E-state index is 5.99. The fraction of sp³-hybridized carbons (Fsp3) is 0.182. The first-order valence-corrected chi connectivity index (χ1v) is 5.72. The van der Waals surface area contributed by atoms with E-state index in [1.165, 1.54) is 0 Å². The van der Waals surface area contributed by atoms with E-state index in [2.05, 4.69) is 4.98 Å². The van der Waals surface area contributed by atoms with Crippen molar-refractivity contribution in [2.75, 3.05) is 0 Å². The van der Waals surface area contributed by atoms with Crippen LogP contribution in [-0.4, -0.2) is 4.98 Å². The average Bonchev–Trinajstić information content (AvgIpc) is 2.18. The molecule has 2 rings (SSSR count). The SMILES string of the molecule is Cc1cc(Cl)cc2cc(CCl)c(Cl)nc12. The van der Waals surface area contributed by atoms with Crippen molar-refractivity contribution in [2.45, 2.75) is 12.8 Å². The minimum Gasteiger partial charge on any atom is -0.235 e. The molecule has 78 valence electrons. The highest BCUT2D eigenvalue weighted by Gasteiger charge is 2.06. The normalized spacial score (nSPS) is 10.9. The molecule has 0 radical (unpaired) electrons. The third-order valence-electron chi connectivity index (χ3n) is 2.24. The number of hydrogen-bond donors (Lipinski definition) is 0. The smallest absolute Gasteiger partial charge is 0.134 e. The molecular formula is C11H8Cl3N.